The molecule has 2 unspecified atom stereocenters. The van der Waals surface area contributed by atoms with Gasteiger partial charge in [0.2, 0.25) is 0 Å². The molecule has 0 spiro atoms. The number of methoxy groups -OCH3 is 1. The average molecular weight is 428 g/mol. The molecule has 6 nitrogen and oxygen atoms in total. The summed E-state index contributed by atoms with van der Waals surface area (Å²) in [5, 5.41) is 0. The van der Waals surface area contributed by atoms with Crippen LogP contribution in [-0.4, -0.2) is 47.3 Å². The zero-order chi connectivity index (χ0) is 20.5. The summed E-state index contributed by atoms with van der Waals surface area (Å²) in [5.41, 5.74) is 3.23. The number of allylic oxidation sites excluding steroid dienone is 2. The summed E-state index contributed by atoms with van der Waals surface area (Å²) < 4.78 is 5.39. The van der Waals surface area contributed by atoms with E-state index in [1.54, 1.807) is 6.08 Å². The van der Waals surface area contributed by atoms with Gasteiger partial charge in [-0.3, -0.25) is 24.7 Å². The molecule has 1 saturated carbocycles. The first-order chi connectivity index (χ1) is 13.5. The molecule has 2 aliphatic rings. The van der Waals surface area contributed by atoms with Crippen LogP contribution in [0.2, 0.25) is 0 Å². The first-order valence-electron chi connectivity index (χ1n) is 9.63. The Kier molecular flexibility index (Phi) is 9.61. The molecule has 1 aliphatic carbocycles. The molecule has 1 N–H and O–H groups in total. The molecule has 0 aromatic heterocycles. The quantitative estimate of drug-likeness (QED) is 0.108. The van der Waals surface area contributed by atoms with Crippen molar-refractivity contribution in [3.8, 4) is 0 Å². The van der Waals surface area contributed by atoms with Gasteiger partial charge in [-0.15, -0.1) is 30.1 Å². The molecule has 2 rings (SSSR count). The number of ketones is 2. The molecular weight excluding hydrogens is 398 g/mol. The highest BCUT2D eigenvalue weighted by Crippen LogP contribution is 2.40. The van der Waals surface area contributed by atoms with Crippen LogP contribution in [0.5, 0.6) is 0 Å². The van der Waals surface area contributed by atoms with E-state index in [2.05, 4.69) is 12.1 Å². The topological polar surface area (TPSA) is 81.7 Å². The fourth-order valence-corrected chi connectivity index (χ4v) is 6.43. The monoisotopic (exact) mass is 427 g/mol. The van der Waals surface area contributed by atoms with Crippen molar-refractivity contribution in [3.63, 3.8) is 0 Å². The van der Waals surface area contributed by atoms with Crippen LogP contribution in [0.3, 0.4) is 0 Å². The van der Waals surface area contributed by atoms with Gasteiger partial charge in [0.25, 0.3) is 0 Å². The molecule has 1 aliphatic heterocycles. The second-order valence-corrected chi connectivity index (χ2v) is 9.73. The number of rotatable bonds is 10. The van der Waals surface area contributed by atoms with Gasteiger partial charge in [0, 0.05) is 17.9 Å². The second kappa shape index (κ2) is 11.7. The van der Waals surface area contributed by atoms with E-state index in [1.165, 1.54) is 7.11 Å². The molecular formula is C20H29NO5S2. The van der Waals surface area contributed by atoms with Crippen molar-refractivity contribution in [2.45, 2.75) is 43.6 Å². The van der Waals surface area contributed by atoms with Crippen molar-refractivity contribution >= 4 is 41.1 Å². The summed E-state index contributed by atoms with van der Waals surface area (Å²) in [6.45, 7) is 5.76. The van der Waals surface area contributed by atoms with Gasteiger partial charge in [0.1, 0.15) is 5.92 Å². The van der Waals surface area contributed by atoms with Crippen molar-refractivity contribution in [1.29, 1.82) is 0 Å². The normalized spacial score (nSPS) is 24.9. The van der Waals surface area contributed by atoms with Gasteiger partial charge in [-0.25, -0.2) is 0 Å². The lowest BCUT2D eigenvalue weighted by Gasteiger charge is -2.31. The lowest BCUT2D eigenvalue weighted by molar-refractivity contribution is -0.152. The summed E-state index contributed by atoms with van der Waals surface area (Å²) in [6.07, 6.45) is 4.51. The van der Waals surface area contributed by atoms with Crippen LogP contribution in [0.25, 0.3) is 0 Å². The average Bonchev–Trinajstić information content (AvgIpc) is 3.19. The third-order valence-corrected chi connectivity index (χ3v) is 8.01. The van der Waals surface area contributed by atoms with Gasteiger partial charge in [-0.2, -0.15) is 0 Å². The lowest BCUT2D eigenvalue weighted by atomic mass is 9.72. The van der Waals surface area contributed by atoms with E-state index in [-0.39, 0.29) is 30.3 Å². The van der Waals surface area contributed by atoms with E-state index >= 15 is 0 Å². The fourth-order valence-electron chi connectivity index (χ4n) is 3.57. The fraction of sp³-hybridized carbons (Fsp3) is 0.650. The summed E-state index contributed by atoms with van der Waals surface area (Å²) in [6, 6.07) is 0. The largest absolute Gasteiger partial charge is 0.468 e. The van der Waals surface area contributed by atoms with Crippen LogP contribution in [0.4, 0.5) is 0 Å². The maximum atomic E-state index is 13.2. The second-order valence-electron chi connectivity index (χ2n) is 6.81. The maximum Gasteiger partial charge on any atom is 0.316 e. The number of esters is 1. The van der Waals surface area contributed by atoms with Crippen molar-refractivity contribution in [2.75, 3.05) is 25.2 Å². The molecule has 0 amide bonds. The molecule has 0 bridgehead atoms. The number of ether oxygens (including phenoxy) is 1. The van der Waals surface area contributed by atoms with Gasteiger partial charge in [-0.1, -0.05) is 19.4 Å². The summed E-state index contributed by atoms with van der Waals surface area (Å²) in [4.78, 5) is 43.7. The predicted molar refractivity (Wildman–Crippen MR) is 113 cm³/mol. The number of hydroxylamine groups is 1. The number of carbonyl (C=O) groups excluding carboxylic acids is 3. The Morgan fingerprint density at radius 3 is 2.61 bits per heavy atom. The number of nitrogens with one attached hydrogen (secondary N) is 1. The van der Waals surface area contributed by atoms with E-state index in [4.69, 9.17) is 9.57 Å². The summed E-state index contributed by atoms with van der Waals surface area (Å²) in [7, 11) is 1.29. The van der Waals surface area contributed by atoms with Gasteiger partial charge < -0.3 is 4.74 Å². The zero-order valence-corrected chi connectivity index (χ0v) is 18.2. The third kappa shape index (κ3) is 5.87. The molecule has 1 saturated heterocycles. The SMILES string of the molecule is C=CCONC(CCC)=C1C(=O)CC(CCC2SCCS2)C(C(=O)OC)C1=O. The molecule has 28 heavy (non-hydrogen) atoms. The highest BCUT2D eigenvalue weighted by molar-refractivity contribution is 8.20. The van der Waals surface area contributed by atoms with Gasteiger partial charge in [0.15, 0.2) is 11.6 Å². The summed E-state index contributed by atoms with van der Waals surface area (Å²) in [5.74, 6) is -0.214. The summed E-state index contributed by atoms with van der Waals surface area (Å²) >= 11 is 3.81. The number of hydrogen-bond donors (Lipinski definition) is 1. The molecule has 0 radical (unpaired) electrons. The van der Waals surface area contributed by atoms with Crippen LogP contribution in [0.15, 0.2) is 23.9 Å². The Morgan fingerprint density at radius 1 is 1.29 bits per heavy atom. The molecule has 8 heteroatoms. The van der Waals surface area contributed by atoms with Crippen molar-refractivity contribution in [2.24, 2.45) is 11.8 Å². The van der Waals surface area contributed by atoms with E-state index in [0.29, 0.717) is 23.1 Å². The Hall–Kier alpha value is -1.25. The molecule has 1 heterocycles. The smallest absolute Gasteiger partial charge is 0.316 e. The first kappa shape index (κ1) is 23.0. The van der Waals surface area contributed by atoms with Crippen LogP contribution in [0.1, 0.15) is 39.0 Å². The molecule has 2 atom stereocenters. The Bertz CT molecular complexity index is 628. The van der Waals surface area contributed by atoms with Crippen molar-refractivity contribution in [1.82, 2.24) is 5.48 Å². The highest BCUT2D eigenvalue weighted by atomic mass is 32.2. The van der Waals surface area contributed by atoms with Crippen molar-refractivity contribution in [3.05, 3.63) is 23.9 Å². The Morgan fingerprint density at radius 2 is 2.00 bits per heavy atom. The van der Waals surface area contributed by atoms with E-state index in [1.807, 2.05) is 30.4 Å². The van der Waals surface area contributed by atoms with Crippen molar-refractivity contribution < 1.29 is 24.0 Å². The van der Waals surface area contributed by atoms with Gasteiger partial charge in [0.05, 0.1) is 29.6 Å². The van der Waals surface area contributed by atoms with Crippen LogP contribution >= 0.6 is 23.5 Å². The third-order valence-electron chi connectivity index (χ3n) is 4.84. The highest BCUT2D eigenvalue weighted by Gasteiger charge is 2.45. The predicted octanol–water partition coefficient (Wildman–Crippen LogP) is 3.28. The lowest BCUT2D eigenvalue weighted by Crippen LogP contribution is -2.42. The van der Waals surface area contributed by atoms with Crippen LogP contribution in [0, 0.1) is 11.8 Å². The Balaban J connectivity index is 2.23. The van der Waals surface area contributed by atoms with E-state index < -0.39 is 17.7 Å². The Labute approximate surface area is 175 Å². The van der Waals surface area contributed by atoms with Gasteiger partial charge >= 0.3 is 5.97 Å². The van der Waals surface area contributed by atoms with E-state index in [0.717, 1.165) is 24.3 Å². The zero-order valence-electron chi connectivity index (χ0n) is 16.5. The number of thioether (sulfide) groups is 2. The molecule has 0 aromatic rings. The van der Waals surface area contributed by atoms with Crippen LogP contribution in [-0.2, 0) is 24.0 Å². The number of carbonyl (C=O) groups is 3. The van der Waals surface area contributed by atoms with Gasteiger partial charge in [-0.05, 0) is 25.2 Å². The first-order valence-corrected chi connectivity index (χ1v) is 11.7. The number of Topliss-reactive ketones (excluding diaryl/α,β-unsaturated/α-hetero) is 2. The number of hydrogen-bond acceptors (Lipinski definition) is 8. The minimum absolute atomic E-state index is 0.0576. The minimum atomic E-state index is -0.929. The van der Waals surface area contributed by atoms with Crippen LogP contribution < -0.4 is 5.48 Å². The van der Waals surface area contributed by atoms with E-state index in [9.17, 15) is 14.4 Å². The molecule has 0 aromatic carbocycles. The minimum Gasteiger partial charge on any atom is -0.468 e. The molecule has 156 valence electrons. The maximum absolute atomic E-state index is 13.2. The standard InChI is InChI=1S/C20H29NO5S2/c1-4-6-14(21-26-9-5-2)18-15(22)12-13(7-8-16-27-10-11-28-16)17(19(18)23)20(24)25-3/h5,13,16-17,21H,2,4,6-12H2,1,3H3. The molecule has 2 fully saturated rings.